The quantitative estimate of drug-likeness (QED) is 0.743. The zero-order chi connectivity index (χ0) is 15.6. The molecule has 1 aliphatic carbocycles. The molecular formula is C13H17Cl2N3O3. The van der Waals surface area contributed by atoms with Crippen molar-refractivity contribution < 1.29 is 14.7 Å². The minimum atomic E-state index is -0.833. The van der Waals surface area contributed by atoms with E-state index in [1.54, 1.807) is 0 Å². The van der Waals surface area contributed by atoms with E-state index in [1.165, 1.54) is 6.07 Å². The van der Waals surface area contributed by atoms with Crippen LogP contribution in [0.1, 0.15) is 30.3 Å². The Morgan fingerprint density at radius 1 is 1.48 bits per heavy atom. The molecule has 1 aliphatic rings. The maximum Gasteiger partial charge on any atom is 0.317 e. The number of H-pyrrole nitrogens is 1. The van der Waals surface area contributed by atoms with Gasteiger partial charge in [0.1, 0.15) is 10.8 Å². The molecule has 1 aromatic rings. The van der Waals surface area contributed by atoms with E-state index in [0.717, 1.165) is 12.8 Å². The van der Waals surface area contributed by atoms with Crippen LogP contribution in [0.2, 0.25) is 10.2 Å². The van der Waals surface area contributed by atoms with E-state index >= 15 is 0 Å². The van der Waals surface area contributed by atoms with Crippen LogP contribution >= 0.6 is 23.2 Å². The topological polar surface area (TPSA) is 85.4 Å². The Kier molecular flexibility index (Phi) is 5.13. The van der Waals surface area contributed by atoms with Crippen molar-refractivity contribution in [2.45, 2.75) is 31.8 Å². The number of amides is 1. The Balaban J connectivity index is 1.82. The van der Waals surface area contributed by atoms with Gasteiger partial charge < -0.3 is 15.4 Å². The summed E-state index contributed by atoms with van der Waals surface area (Å²) in [5.41, 5.74) is 0.325. The van der Waals surface area contributed by atoms with E-state index in [2.05, 4.69) is 10.3 Å². The number of carbonyl (C=O) groups excluding carboxylic acids is 1. The third kappa shape index (κ3) is 3.90. The van der Waals surface area contributed by atoms with E-state index in [4.69, 9.17) is 28.3 Å². The van der Waals surface area contributed by atoms with E-state index in [9.17, 15) is 9.59 Å². The molecule has 3 N–H and O–H groups in total. The number of aliphatic carboxylic acids is 1. The number of rotatable bonds is 6. The van der Waals surface area contributed by atoms with Gasteiger partial charge in [-0.15, -0.1) is 0 Å². The average molecular weight is 334 g/mol. The van der Waals surface area contributed by atoms with Gasteiger partial charge in [0.15, 0.2) is 0 Å². The third-order valence-electron chi connectivity index (χ3n) is 3.68. The minimum Gasteiger partial charge on any atom is -0.480 e. The summed E-state index contributed by atoms with van der Waals surface area (Å²) in [6.07, 6.45) is 1.49. The van der Waals surface area contributed by atoms with Gasteiger partial charge in [-0.25, -0.2) is 0 Å². The highest BCUT2D eigenvalue weighted by Crippen LogP contribution is 2.26. The predicted octanol–water partition coefficient (Wildman–Crippen LogP) is 1.99. The fourth-order valence-electron chi connectivity index (χ4n) is 2.47. The normalized spacial score (nSPS) is 21.1. The van der Waals surface area contributed by atoms with Crippen LogP contribution in [0.5, 0.6) is 0 Å². The predicted molar refractivity (Wildman–Crippen MR) is 80.0 cm³/mol. The van der Waals surface area contributed by atoms with Crippen LogP contribution in [0, 0.1) is 0 Å². The van der Waals surface area contributed by atoms with Gasteiger partial charge in [0.2, 0.25) is 0 Å². The summed E-state index contributed by atoms with van der Waals surface area (Å²) in [5, 5.41) is 12.3. The number of nitrogens with one attached hydrogen (secondary N) is 2. The Morgan fingerprint density at radius 3 is 2.62 bits per heavy atom. The van der Waals surface area contributed by atoms with Crippen LogP contribution < -0.4 is 5.32 Å². The third-order valence-corrected chi connectivity index (χ3v) is 4.37. The van der Waals surface area contributed by atoms with E-state index in [0.29, 0.717) is 17.3 Å². The second-order valence-electron chi connectivity index (χ2n) is 5.10. The summed E-state index contributed by atoms with van der Waals surface area (Å²) in [5.74, 6) is -1.09. The molecule has 1 aromatic heterocycles. The van der Waals surface area contributed by atoms with Crippen LogP contribution in [-0.2, 0) is 4.79 Å². The smallest absolute Gasteiger partial charge is 0.317 e. The van der Waals surface area contributed by atoms with Crippen molar-refractivity contribution in [1.29, 1.82) is 0 Å². The number of carboxylic acids is 1. The fraction of sp³-hybridized carbons (Fsp3) is 0.538. The lowest BCUT2D eigenvalue weighted by Gasteiger charge is -2.42. The van der Waals surface area contributed by atoms with Crippen LogP contribution in [0.15, 0.2) is 6.07 Å². The molecule has 1 heterocycles. The lowest BCUT2D eigenvalue weighted by Crippen LogP contribution is -2.54. The zero-order valence-electron chi connectivity index (χ0n) is 11.5. The zero-order valence-corrected chi connectivity index (χ0v) is 13.0. The first kappa shape index (κ1) is 16.1. The summed E-state index contributed by atoms with van der Waals surface area (Å²) >= 11 is 11.5. The Bertz CT molecular complexity index is 521. The number of likely N-dealkylation sites (N-methyl/N-ethyl adjacent to an activating group) is 1. The molecule has 1 saturated carbocycles. The second-order valence-corrected chi connectivity index (χ2v) is 5.88. The summed E-state index contributed by atoms with van der Waals surface area (Å²) in [6, 6.07) is 1.73. The molecule has 6 nitrogen and oxygen atoms in total. The number of aromatic amines is 1. The minimum absolute atomic E-state index is 0.0314. The molecule has 0 radical (unpaired) electrons. The molecule has 116 valence electrons. The van der Waals surface area contributed by atoms with E-state index in [-0.39, 0.29) is 29.7 Å². The summed E-state index contributed by atoms with van der Waals surface area (Å²) in [4.78, 5) is 27.3. The van der Waals surface area contributed by atoms with Crippen LogP contribution in [0.25, 0.3) is 0 Å². The molecule has 0 unspecified atom stereocenters. The SMILES string of the molecule is CCN(CC(=O)O)C1CC(NC(=O)c2cc(Cl)c(Cl)[nH]2)C1. The van der Waals surface area contributed by atoms with Crippen molar-refractivity contribution in [3.8, 4) is 0 Å². The molecule has 21 heavy (non-hydrogen) atoms. The van der Waals surface area contributed by atoms with Gasteiger partial charge in [-0.05, 0) is 25.5 Å². The number of hydrogen-bond acceptors (Lipinski definition) is 3. The molecule has 1 amide bonds. The molecule has 2 rings (SSSR count). The van der Waals surface area contributed by atoms with Gasteiger partial charge in [-0.2, -0.15) is 0 Å². The highest BCUT2D eigenvalue weighted by molar-refractivity contribution is 6.41. The maximum atomic E-state index is 12.0. The van der Waals surface area contributed by atoms with E-state index < -0.39 is 5.97 Å². The molecule has 8 heteroatoms. The molecular weight excluding hydrogens is 317 g/mol. The van der Waals surface area contributed by atoms with Crippen molar-refractivity contribution in [2.75, 3.05) is 13.1 Å². The fourth-order valence-corrected chi connectivity index (χ4v) is 2.78. The molecule has 1 fully saturated rings. The first-order valence-electron chi connectivity index (χ1n) is 6.71. The van der Waals surface area contributed by atoms with Gasteiger partial charge in [0.05, 0.1) is 11.6 Å². The monoisotopic (exact) mass is 333 g/mol. The van der Waals surface area contributed by atoms with Crippen LogP contribution in [-0.4, -0.2) is 52.0 Å². The average Bonchev–Trinajstić information content (AvgIpc) is 2.71. The van der Waals surface area contributed by atoms with Gasteiger partial charge in [-0.3, -0.25) is 14.5 Å². The Morgan fingerprint density at radius 2 is 2.14 bits per heavy atom. The number of halogens is 2. The van der Waals surface area contributed by atoms with Gasteiger partial charge >= 0.3 is 5.97 Å². The summed E-state index contributed by atoms with van der Waals surface area (Å²) < 4.78 is 0. The highest BCUT2D eigenvalue weighted by Gasteiger charge is 2.34. The molecule has 0 aliphatic heterocycles. The van der Waals surface area contributed by atoms with Crippen molar-refractivity contribution >= 4 is 35.1 Å². The Hall–Kier alpha value is -1.24. The summed E-state index contributed by atoms with van der Waals surface area (Å²) in [7, 11) is 0. The number of carboxylic acid groups (broad SMARTS) is 1. The molecule has 0 bridgehead atoms. The van der Waals surface area contributed by atoms with Crippen molar-refractivity contribution in [3.63, 3.8) is 0 Å². The van der Waals surface area contributed by atoms with Gasteiger partial charge in [-0.1, -0.05) is 30.1 Å². The molecule has 0 atom stereocenters. The number of carbonyl (C=O) groups is 2. The maximum absolute atomic E-state index is 12.0. The Labute approximate surface area is 132 Å². The lowest BCUT2D eigenvalue weighted by atomic mass is 9.85. The first-order chi connectivity index (χ1) is 9.90. The number of hydrogen-bond donors (Lipinski definition) is 3. The van der Waals surface area contributed by atoms with E-state index in [1.807, 2.05) is 11.8 Å². The standard InChI is InChI=1S/C13H17Cl2N3O3/c1-2-18(6-11(19)20)8-3-7(4-8)16-13(21)10-5-9(14)12(15)17-10/h5,7-8,17H,2-4,6H2,1H3,(H,16,21)(H,19,20). The second kappa shape index (κ2) is 6.68. The lowest BCUT2D eigenvalue weighted by molar-refractivity contribution is -0.139. The number of nitrogens with zero attached hydrogens (tertiary/aromatic N) is 1. The van der Waals surface area contributed by atoms with Gasteiger partial charge in [0, 0.05) is 12.1 Å². The largest absolute Gasteiger partial charge is 0.480 e. The first-order valence-corrected chi connectivity index (χ1v) is 7.47. The van der Waals surface area contributed by atoms with Crippen molar-refractivity contribution in [3.05, 3.63) is 21.9 Å². The molecule has 0 spiro atoms. The molecule has 0 saturated heterocycles. The van der Waals surface area contributed by atoms with Crippen molar-refractivity contribution in [1.82, 2.24) is 15.2 Å². The van der Waals surface area contributed by atoms with Crippen LogP contribution in [0.4, 0.5) is 0 Å². The van der Waals surface area contributed by atoms with Crippen LogP contribution in [0.3, 0.4) is 0 Å². The van der Waals surface area contributed by atoms with Crippen molar-refractivity contribution in [2.24, 2.45) is 0 Å². The van der Waals surface area contributed by atoms with Gasteiger partial charge in [0.25, 0.3) is 5.91 Å². The summed E-state index contributed by atoms with van der Waals surface area (Å²) in [6.45, 7) is 2.64. The highest BCUT2D eigenvalue weighted by atomic mass is 35.5. The molecule has 0 aromatic carbocycles. The number of aromatic nitrogens is 1.